The molecular weight excluding hydrogens is 469 g/mol. The lowest BCUT2D eigenvalue weighted by molar-refractivity contribution is -0.137. The van der Waals surface area contributed by atoms with Crippen molar-refractivity contribution in [2.24, 2.45) is 0 Å². The number of alkyl halides is 3. The number of rotatable bonds is 7. The third kappa shape index (κ3) is 5.74. The van der Waals surface area contributed by atoms with Crippen molar-refractivity contribution in [2.75, 3.05) is 28.2 Å². The number of halogens is 3. The summed E-state index contributed by atoms with van der Waals surface area (Å²) in [7, 11) is -2.22. The molecule has 1 aromatic heterocycles. The predicted octanol–water partition coefficient (Wildman–Crippen LogP) is 4.43. The van der Waals surface area contributed by atoms with Crippen molar-refractivity contribution in [3.05, 3.63) is 70.9 Å². The number of benzene rings is 2. The lowest BCUT2D eigenvalue weighted by atomic mass is 10.1. The van der Waals surface area contributed by atoms with Crippen LogP contribution in [-0.2, 0) is 22.7 Å². The number of aryl methyl sites for hydroxylation is 1. The van der Waals surface area contributed by atoms with Crippen molar-refractivity contribution < 1.29 is 21.6 Å². The average molecular weight is 491 g/mol. The van der Waals surface area contributed by atoms with Gasteiger partial charge in [-0.25, -0.2) is 13.4 Å². The molecule has 0 saturated heterocycles. The molecular formula is C22H21F3N6O2S. The Kier molecular flexibility index (Phi) is 6.97. The molecule has 0 radical (unpaired) electrons. The first-order valence-electron chi connectivity index (χ1n) is 9.88. The van der Waals surface area contributed by atoms with Crippen LogP contribution < -0.4 is 14.9 Å². The van der Waals surface area contributed by atoms with Gasteiger partial charge in [-0.15, -0.1) is 0 Å². The number of nitrogens with zero attached hydrogens (tertiary/aromatic N) is 4. The molecule has 34 heavy (non-hydrogen) atoms. The number of nitrogens with one attached hydrogen (secondary N) is 2. The molecule has 1 heterocycles. The van der Waals surface area contributed by atoms with Crippen molar-refractivity contribution in [1.82, 2.24) is 9.97 Å². The summed E-state index contributed by atoms with van der Waals surface area (Å²) in [6.07, 6.45) is -3.03. The number of para-hydroxylation sites is 1. The highest BCUT2D eigenvalue weighted by Crippen LogP contribution is 2.35. The van der Waals surface area contributed by atoms with E-state index in [2.05, 4.69) is 20.6 Å². The SMILES string of the molecule is Cc1ccc(C#N)cc1Nc1ncc(C(F)(F)F)c(NCc2ccccc2N(C)S(C)(=O)=O)n1. The molecule has 0 saturated carbocycles. The standard InChI is InChI=1S/C22H21F3N6O2S/c1-14-8-9-15(11-26)10-18(14)29-21-28-13-17(22(23,24)25)20(30-21)27-12-16-6-4-5-7-19(16)31(2)34(3,32)33/h4-10,13H,12H2,1-3H3,(H2,27,28,29,30). The van der Waals surface area contributed by atoms with Crippen LogP contribution in [0.4, 0.5) is 36.3 Å². The Morgan fingerprint density at radius 1 is 1.18 bits per heavy atom. The fourth-order valence-electron chi connectivity index (χ4n) is 3.06. The second kappa shape index (κ2) is 9.56. The summed E-state index contributed by atoms with van der Waals surface area (Å²) in [6.45, 7) is 1.64. The minimum atomic E-state index is -4.72. The van der Waals surface area contributed by atoms with E-state index in [1.165, 1.54) is 7.05 Å². The number of nitriles is 1. The molecule has 3 aromatic rings. The van der Waals surface area contributed by atoms with E-state index in [4.69, 9.17) is 5.26 Å². The Morgan fingerprint density at radius 3 is 2.53 bits per heavy atom. The molecule has 0 aliphatic carbocycles. The molecule has 0 amide bonds. The van der Waals surface area contributed by atoms with E-state index in [-0.39, 0.29) is 12.5 Å². The lowest BCUT2D eigenvalue weighted by Gasteiger charge is -2.21. The van der Waals surface area contributed by atoms with E-state index in [0.717, 1.165) is 16.1 Å². The zero-order valence-corrected chi connectivity index (χ0v) is 19.3. The molecule has 3 rings (SSSR count). The first kappa shape index (κ1) is 24.8. The van der Waals surface area contributed by atoms with Gasteiger partial charge in [0.05, 0.1) is 23.6 Å². The van der Waals surface area contributed by atoms with Crippen LogP contribution in [0.2, 0.25) is 0 Å². The second-order valence-corrected chi connectivity index (χ2v) is 9.45. The van der Waals surface area contributed by atoms with E-state index in [1.54, 1.807) is 49.4 Å². The molecule has 0 unspecified atom stereocenters. The van der Waals surface area contributed by atoms with E-state index in [1.807, 2.05) is 6.07 Å². The maximum absolute atomic E-state index is 13.6. The van der Waals surface area contributed by atoms with Crippen LogP contribution in [0.15, 0.2) is 48.7 Å². The minimum absolute atomic E-state index is 0.102. The van der Waals surface area contributed by atoms with E-state index >= 15 is 0 Å². The zero-order valence-electron chi connectivity index (χ0n) is 18.5. The van der Waals surface area contributed by atoms with Crippen LogP contribution in [0.25, 0.3) is 0 Å². The van der Waals surface area contributed by atoms with Crippen molar-refractivity contribution in [3.63, 3.8) is 0 Å². The largest absolute Gasteiger partial charge is 0.421 e. The summed E-state index contributed by atoms with van der Waals surface area (Å²) in [6, 6.07) is 13.3. The van der Waals surface area contributed by atoms with Gasteiger partial charge in [0.2, 0.25) is 16.0 Å². The quantitative estimate of drug-likeness (QED) is 0.504. The summed E-state index contributed by atoms with van der Waals surface area (Å²) in [5.41, 5.74) is 1.29. The van der Waals surface area contributed by atoms with Crippen LogP contribution in [0.1, 0.15) is 22.3 Å². The van der Waals surface area contributed by atoms with E-state index < -0.39 is 27.6 Å². The molecule has 12 heteroatoms. The molecule has 0 spiro atoms. The van der Waals surface area contributed by atoms with Crippen LogP contribution in [0.5, 0.6) is 0 Å². The topological polar surface area (TPSA) is 111 Å². The first-order chi connectivity index (χ1) is 15.9. The minimum Gasteiger partial charge on any atom is -0.365 e. The van der Waals surface area contributed by atoms with Crippen LogP contribution in [0, 0.1) is 18.3 Å². The van der Waals surface area contributed by atoms with Gasteiger partial charge in [-0.3, -0.25) is 4.31 Å². The molecule has 178 valence electrons. The molecule has 0 bridgehead atoms. The van der Waals surface area contributed by atoms with Crippen molar-refractivity contribution in [1.29, 1.82) is 5.26 Å². The number of anilines is 4. The molecule has 0 aliphatic rings. The van der Waals surface area contributed by atoms with Crippen molar-refractivity contribution in [2.45, 2.75) is 19.6 Å². The van der Waals surface area contributed by atoms with Gasteiger partial charge in [-0.05, 0) is 36.2 Å². The fraction of sp³-hybridized carbons (Fsp3) is 0.227. The fourth-order valence-corrected chi connectivity index (χ4v) is 3.59. The van der Waals surface area contributed by atoms with Gasteiger partial charge in [0.1, 0.15) is 11.4 Å². The molecule has 0 fully saturated rings. The molecule has 8 nitrogen and oxygen atoms in total. The van der Waals surface area contributed by atoms with Gasteiger partial charge in [0, 0.05) is 25.5 Å². The van der Waals surface area contributed by atoms with Crippen molar-refractivity contribution in [3.8, 4) is 6.07 Å². The average Bonchev–Trinajstić information content (AvgIpc) is 2.77. The van der Waals surface area contributed by atoms with Crippen LogP contribution in [-0.4, -0.2) is 31.7 Å². The number of sulfonamides is 1. The van der Waals surface area contributed by atoms with Crippen LogP contribution in [0.3, 0.4) is 0 Å². The first-order valence-corrected chi connectivity index (χ1v) is 11.7. The van der Waals surface area contributed by atoms with Crippen molar-refractivity contribution >= 4 is 33.2 Å². The lowest BCUT2D eigenvalue weighted by Crippen LogP contribution is -2.26. The number of aromatic nitrogens is 2. The Bertz CT molecular complexity index is 1350. The smallest absolute Gasteiger partial charge is 0.365 e. The number of hydrogen-bond donors (Lipinski definition) is 2. The highest BCUT2D eigenvalue weighted by atomic mass is 32.2. The van der Waals surface area contributed by atoms with Gasteiger partial charge in [0.25, 0.3) is 0 Å². The van der Waals surface area contributed by atoms with E-state index in [0.29, 0.717) is 28.7 Å². The van der Waals surface area contributed by atoms with Gasteiger partial charge in [-0.2, -0.15) is 23.4 Å². The third-order valence-corrected chi connectivity index (χ3v) is 6.17. The summed E-state index contributed by atoms with van der Waals surface area (Å²) < 4.78 is 65.7. The van der Waals surface area contributed by atoms with Gasteiger partial charge in [-0.1, -0.05) is 24.3 Å². The van der Waals surface area contributed by atoms with Gasteiger partial charge in [0.15, 0.2) is 0 Å². The predicted molar refractivity (Wildman–Crippen MR) is 123 cm³/mol. The summed E-state index contributed by atoms with van der Waals surface area (Å²) in [5, 5.41) is 14.6. The molecule has 0 atom stereocenters. The molecule has 2 N–H and O–H groups in total. The molecule has 0 aliphatic heterocycles. The summed E-state index contributed by atoms with van der Waals surface area (Å²) in [4.78, 5) is 7.78. The van der Waals surface area contributed by atoms with Gasteiger partial charge >= 0.3 is 6.18 Å². The third-order valence-electron chi connectivity index (χ3n) is 4.98. The molecule has 2 aromatic carbocycles. The number of hydrogen-bond acceptors (Lipinski definition) is 7. The van der Waals surface area contributed by atoms with Gasteiger partial charge < -0.3 is 10.6 Å². The Morgan fingerprint density at radius 2 is 1.88 bits per heavy atom. The summed E-state index contributed by atoms with van der Waals surface area (Å²) >= 11 is 0. The Balaban J connectivity index is 1.95. The highest BCUT2D eigenvalue weighted by molar-refractivity contribution is 7.92. The normalized spacial score (nSPS) is 11.6. The van der Waals surface area contributed by atoms with E-state index in [9.17, 15) is 21.6 Å². The summed E-state index contributed by atoms with van der Waals surface area (Å²) in [5.74, 6) is -0.578. The Hall–Kier alpha value is -3.85. The zero-order chi connectivity index (χ0) is 25.1. The maximum atomic E-state index is 13.6. The maximum Gasteiger partial charge on any atom is 0.421 e. The van der Waals surface area contributed by atoms with Crippen LogP contribution >= 0.6 is 0 Å². The second-order valence-electron chi connectivity index (χ2n) is 7.43. The monoisotopic (exact) mass is 490 g/mol. The highest BCUT2D eigenvalue weighted by Gasteiger charge is 2.35. The Labute approximate surface area is 195 Å².